The molecule has 0 aliphatic rings. The topological polar surface area (TPSA) is 66.8 Å². The van der Waals surface area contributed by atoms with Crippen molar-refractivity contribution in [2.45, 2.75) is 13.0 Å². The molecule has 2 aromatic rings. The van der Waals surface area contributed by atoms with Gasteiger partial charge in [-0.15, -0.1) is 0 Å². The Kier molecular flexibility index (Phi) is 2.87. The molecule has 17 heavy (non-hydrogen) atoms. The van der Waals surface area contributed by atoms with E-state index in [4.69, 9.17) is 9.84 Å². The summed E-state index contributed by atoms with van der Waals surface area (Å²) in [6.07, 6.45) is -0.898. The van der Waals surface area contributed by atoms with Crippen molar-refractivity contribution >= 4 is 16.7 Å². The number of carboxylic acids is 1. The van der Waals surface area contributed by atoms with Crippen LogP contribution in [0.15, 0.2) is 36.4 Å². The normalized spacial score (nSPS) is 12.3. The average molecular weight is 232 g/mol. The van der Waals surface area contributed by atoms with Gasteiger partial charge < -0.3 is 14.9 Å². The SMILES string of the molecule is CC(Oc1ccc2ccc(O)cc2c1)C(=O)O. The zero-order valence-corrected chi connectivity index (χ0v) is 9.25. The molecular weight excluding hydrogens is 220 g/mol. The van der Waals surface area contributed by atoms with Crippen molar-refractivity contribution in [1.82, 2.24) is 0 Å². The Morgan fingerprint density at radius 1 is 1.18 bits per heavy atom. The number of carbonyl (C=O) groups is 1. The fourth-order valence-electron chi connectivity index (χ4n) is 1.54. The second-order valence-electron chi connectivity index (χ2n) is 3.79. The van der Waals surface area contributed by atoms with Crippen LogP contribution < -0.4 is 4.74 Å². The van der Waals surface area contributed by atoms with Gasteiger partial charge in [0.2, 0.25) is 0 Å². The molecule has 2 N–H and O–H groups in total. The van der Waals surface area contributed by atoms with Crippen molar-refractivity contribution in [2.75, 3.05) is 0 Å². The van der Waals surface area contributed by atoms with Crippen molar-refractivity contribution in [3.8, 4) is 11.5 Å². The minimum absolute atomic E-state index is 0.168. The Balaban J connectivity index is 2.33. The predicted molar refractivity (Wildman–Crippen MR) is 63.3 cm³/mol. The van der Waals surface area contributed by atoms with Crippen molar-refractivity contribution < 1.29 is 19.7 Å². The van der Waals surface area contributed by atoms with Gasteiger partial charge >= 0.3 is 5.97 Å². The summed E-state index contributed by atoms with van der Waals surface area (Å²) in [6, 6.07) is 10.2. The first-order valence-corrected chi connectivity index (χ1v) is 5.18. The first kappa shape index (κ1) is 11.3. The monoisotopic (exact) mass is 232 g/mol. The lowest BCUT2D eigenvalue weighted by molar-refractivity contribution is -0.144. The highest BCUT2D eigenvalue weighted by Crippen LogP contribution is 2.24. The maximum absolute atomic E-state index is 10.7. The van der Waals surface area contributed by atoms with Crippen LogP contribution in [0, 0.1) is 0 Å². The molecule has 4 heteroatoms. The van der Waals surface area contributed by atoms with E-state index in [0.29, 0.717) is 5.75 Å². The van der Waals surface area contributed by atoms with E-state index >= 15 is 0 Å². The summed E-state index contributed by atoms with van der Waals surface area (Å²) in [5, 5.41) is 19.9. The van der Waals surface area contributed by atoms with Gasteiger partial charge in [0.1, 0.15) is 11.5 Å². The molecule has 4 nitrogen and oxygen atoms in total. The number of rotatable bonds is 3. The Hall–Kier alpha value is -2.23. The number of benzene rings is 2. The van der Waals surface area contributed by atoms with E-state index in [-0.39, 0.29) is 5.75 Å². The van der Waals surface area contributed by atoms with Crippen LogP contribution in [0.2, 0.25) is 0 Å². The van der Waals surface area contributed by atoms with E-state index in [2.05, 4.69) is 0 Å². The fraction of sp³-hybridized carbons (Fsp3) is 0.154. The molecule has 0 saturated heterocycles. The molecule has 0 aliphatic carbocycles. The van der Waals surface area contributed by atoms with Gasteiger partial charge in [-0.3, -0.25) is 0 Å². The van der Waals surface area contributed by atoms with E-state index in [1.807, 2.05) is 6.07 Å². The molecule has 0 aromatic heterocycles. The summed E-state index contributed by atoms with van der Waals surface area (Å²) in [6.45, 7) is 1.47. The van der Waals surface area contributed by atoms with Crippen LogP contribution in [0.1, 0.15) is 6.92 Å². The smallest absolute Gasteiger partial charge is 0.344 e. The third-order valence-electron chi connectivity index (χ3n) is 2.46. The minimum Gasteiger partial charge on any atom is -0.508 e. The van der Waals surface area contributed by atoms with E-state index in [1.54, 1.807) is 30.3 Å². The molecule has 2 rings (SSSR count). The van der Waals surface area contributed by atoms with Gasteiger partial charge in [0, 0.05) is 0 Å². The standard InChI is InChI=1S/C13H12O4/c1-8(13(15)16)17-12-5-3-9-2-4-11(14)6-10(9)7-12/h2-8,14H,1H3,(H,15,16). The largest absolute Gasteiger partial charge is 0.508 e. The molecule has 0 bridgehead atoms. The number of hydrogen-bond acceptors (Lipinski definition) is 3. The summed E-state index contributed by atoms with van der Waals surface area (Å²) >= 11 is 0. The molecule has 0 heterocycles. The third kappa shape index (κ3) is 2.47. The lowest BCUT2D eigenvalue weighted by atomic mass is 10.1. The predicted octanol–water partition coefficient (Wildman–Crippen LogP) is 2.40. The number of phenols is 1. The zero-order chi connectivity index (χ0) is 12.4. The lowest BCUT2D eigenvalue weighted by Crippen LogP contribution is -2.22. The number of ether oxygens (including phenoxy) is 1. The highest BCUT2D eigenvalue weighted by atomic mass is 16.5. The first-order valence-electron chi connectivity index (χ1n) is 5.18. The molecule has 0 aliphatic heterocycles. The Labute approximate surface area is 98.1 Å². The molecule has 0 saturated carbocycles. The van der Waals surface area contributed by atoms with Gasteiger partial charge in [0.15, 0.2) is 6.10 Å². The zero-order valence-electron chi connectivity index (χ0n) is 9.25. The van der Waals surface area contributed by atoms with Crippen molar-refractivity contribution in [1.29, 1.82) is 0 Å². The average Bonchev–Trinajstić information content (AvgIpc) is 2.28. The summed E-state index contributed by atoms with van der Waals surface area (Å²) < 4.78 is 5.24. The van der Waals surface area contributed by atoms with Crippen LogP contribution in [-0.4, -0.2) is 22.3 Å². The Bertz CT molecular complexity index is 562. The molecule has 2 aromatic carbocycles. The number of hydrogen-bond donors (Lipinski definition) is 2. The molecule has 1 unspecified atom stereocenters. The number of fused-ring (bicyclic) bond motifs is 1. The van der Waals surface area contributed by atoms with Crippen LogP contribution in [-0.2, 0) is 4.79 Å². The second kappa shape index (κ2) is 4.33. The van der Waals surface area contributed by atoms with Crippen molar-refractivity contribution in [2.24, 2.45) is 0 Å². The maximum atomic E-state index is 10.7. The van der Waals surface area contributed by atoms with E-state index in [0.717, 1.165) is 10.8 Å². The number of aromatic hydroxyl groups is 1. The maximum Gasteiger partial charge on any atom is 0.344 e. The van der Waals surface area contributed by atoms with Crippen LogP contribution >= 0.6 is 0 Å². The van der Waals surface area contributed by atoms with E-state index in [1.165, 1.54) is 6.92 Å². The highest BCUT2D eigenvalue weighted by molar-refractivity contribution is 5.85. The van der Waals surface area contributed by atoms with Crippen LogP contribution in [0.4, 0.5) is 0 Å². The van der Waals surface area contributed by atoms with Crippen LogP contribution in [0.3, 0.4) is 0 Å². The van der Waals surface area contributed by atoms with Crippen molar-refractivity contribution in [3.63, 3.8) is 0 Å². The minimum atomic E-state index is -1.01. The van der Waals surface area contributed by atoms with Gasteiger partial charge in [-0.25, -0.2) is 4.79 Å². The van der Waals surface area contributed by atoms with Crippen molar-refractivity contribution in [3.05, 3.63) is 36.4 Å². The first-order chi connectivity index (χ1) is 8.06. The lowest BCUT2D eigenvalue weighted by Gasteiger charge is -2.10. The quantitative estimate of drug-likeness (QED) is 0.852. The molecule has 0 radical (unpaired) electrons. The second-order valence-corrected chi connectivity index (χ2v) is 3.79. The molecule has 1 atom stereocenters. The highest BCUT2D eigenvalue weighted by Gasteiger charge is 2.12. The van der Waals surface area contributed by atoms with Gasteiger partial charge in [-0.1, -0.05) is 12.1 Å². The van der Waals surface area contributed by atoms with Gasteiger partial charge in [0.25, 0.3) is 0 Å². The molecule has 0 amide bonds. The molecular formula is C13H12O4. The summed E-state index contributed by atoms with van der Waals surface area (Å²) in [4.78, 5) is 10.7. The Morgan fingerprint density at radius 2 is 1.88 bits per heavy atom. The third-order valence-corrected chi connectivity index (χ3v) is 2.46. The Morgan fingerprint density at radius 3 is 2.59 bits per heavy atom. The molecule has 0 fully saturated rings. The fourth-order valence-corrected chi connectivity index (χ4v) is 1.54. The molecule has 88 valence electrons. The number of aliphatic carboxylic acids is 1. The summed E-state index contributed by atoms with van der Waals surface area (Å²) in [7, 11) is 0. The van der Waals surface area contributed by atoms with E-state index < -0.39 is 12.1 Å². The number of phenolic OH excluding ortho intramolecular Hbond substituents is 1. The van der Waals surface area contributed by atoms with Gasteiger partial charge in [0.05, 0.1) is 0 Å². The van der Waals surface area contributed by atoms with Gasteiger partial charge in [-0.2, -0.15) is 0 Å². The van der Waals surface area contributed by atoms with E-state index in [9.17, 15) is 9.90 Å². The number of carboxylic acid groups (broad SMARTS) is 1. The summed E-state index contributed by atoms with van der Waals surface area (Å²) in [5.74, 6) is -0.375. The van der Waals surface area contributed by atoms with Crippen LogP contribution in [0.5, 0.6) is 11.5 Å². The molecule has 0 spiro atoms. The van der Waals surface area contributed by atoms with Crippen LogP contribution in [0.25, 0.3) is 10.8 Å². The summed E-state index contributed by atoms with van der Waals surface area (Å²) in [5.41, 5.74) is 0. The van der Waals surface area contributed by atoms with Gasteiger partial charge in [-0.05, 0) is 42.0 Å².